The lowest BCUT2D eigenvalue weighted by molar-refractivity contribution is 0.415. The van der Waals surface area contributed by atoms with Gasteiger partial charge < -0.3 is 14.8 Å². The van der Waals surface area contributed by atoms with Crippen LogP contribution in [0.5, 0.6) is 5.75 Å². The fourth-order valence-corrected chi connectivity index (χ4v) is 1.83. The van der Waals surface area contributed by atoms with Gasteiger partial charge in [-0.1, -0.05) is 12.1 Å². The summed E-state index contributed by atoms with van der Waals surface area (Å²) in [5.41, 5.74) is -1.19. The van der Waals surface area contributed by atoms with E-state index in [1.54, 1.807) is 0 Å². The average molecular weight is 282 g/mol. The fraction of sp³-hybridized carbons (Fsp3) is 0.0769. The van der Waals surface area contributed by atoms with Crippen molar-refractivity contribution in [2.24, 2.45) is 0 Å². The normalized spacial score (nSPS) is 10.5. The number of halogens is 3. The Balaban J connectivity index is 2.57. The van der Waals surface area contributed by atoms with Gasteiger partial charge in [0.05, 0.1) is 12.6 Å². The number of ether oxygens (including phenoxy) is 1. The topological polar surface area (TPSA) is 49.7 Å². The third-order valence-electron chi connectivity index (χ3n) is 2.85. The van der Waals surface area contributed by atoms with Gasteiger partial charge in [0.25, 0.3) is 0 Å². The molecule has 2 aromatic rings. The molecule has 0 spiro atoms. The Kier molecular flexibility index (Phi) is 4.01. The van der Waals surface area contributed by atoms with Crippen LogP contribution in [0.25, 0.3) is 11.1 Å². The van der Waals surface area contributed by atoms with Crippen LogP contribution in [0.15, 0.2) is 30.3 Å². The van der Waals surface area contributed by atoms with Crippen molar-refractivity contribution in [3.05, 3.63) is 47.8 Å². The Hall–Kier alpha value is -1.99. The highest BCUT2D eigenvalue weighted by Crippen LogP contribution is 2.26. The van der Waals surface area contributed by atoms with E-state index in [4.69, 9.17) is 14.8 Å². The van der Waals surface area contributed by atoms with Crippen molar-refractivity contribution in [1.82, 2.24) is 0 Å². The second-order valence-corrected chi connectivity index (χ2v) is 4.05. The molecule has 0 aromatic heterocycles. The van der Waals surface area contributed by atoms with E-state index < -0.39 is 30.0 Å². The highest BCUT2D eigenvalue weighted by Gasteiger charge is 2.27. The molecule has 0 aliphatic heterocycles. The Labute approximate surface area is 113 Å². The molecule has 0 atom stereocenters. The van der Waals surface area contributed by atoms with Crippen molar-refractivity contribution in [2.75, 3.05) is 7.11 Å². The van der Waals surface area contributed by atoms with E-state index in [1.165, 1.54) is 31.4 Å². The second-order valence-electron chi connectivity index (χ2n) is 4.05. The van der Waals surface area contributed by atoms with Crippen molar-refractivity contribution in [2.45, 2.75) is 0 Å². The van der Waals surface area contributed by atoms with Crippen molar-refractivity contribution in [3.8, 4) is 16.9 Å². The SMILES string of the molecule is COc1ccc(-c2cc(F)c(B(O)O)c(F)c2F)cc1. The Morgan fingerprint density at radius 3 is 2.10 bits per heavy atom. The zero-order valence-electron chi connectivity index (χ0n) is 10.4. The molecule has 20 heavy (non-hydrogen) atoms. The summed E-state index contributed by atoms with van der Waals surface area (Å²) in [6, 6.07) is 6.62. The van der Waals surface area contributed by atoms with Gasteiger partial charge in [0, 0.05) is 5.56 Å². The van der Waals surface area contributed by atoms with E-state index in [2.05, 4.69) is 0 Å². The summed E-state index contributed by atoms with van der Waals surface area (Å²) in [5.74, 6) is -3.69. The Bertz CT molecular complexity index is 630. The van der Waals surface area contributed by atoms with Crippen LogP contribution in [0.1, 0.15) is 0 Å². The van der Waals surface area contributed by atoms with Crippen LogP contribution in [0.2, 0.25) is 0 Å². The molecule has 0 amide bonds. The summed E-state index contributed by atoms with van der Waals surface area (Å²) >= 11 is 0. The smallest absolute Gasteiger partial charge is 0.494 e. The van der Waals surface area contributed by atoms with Gasteiger partial charge in [-0.3, -0.25) is 0 Å². The molecule has 3 nitrogen and oxygen atoms in total. The lowest BCUT2D eigenvalue weighted by Crippen LogP contribution is -2.36. The van der Waals surface area contributed by atoms with Crippen LogP contribution in [0.4, 0.5) is 13.2 Å². The van der Waals surface area contributed by atoms with Gasteiger partial charge in [-0.05, 0) is 23.8 Å². The van der Waals surface area contributed by atoms with Gasteiger partial charge in [0.1, 0.15) is 11.6 Å². The predicted molar refractivity (Wildman–Crippen MR) is 68.1 cm³/mol. The van der Waals surface area contributed by atoms with Crippen molar-refractivity contribution >= 4 is 12.6 Å². The standard InChI is InChI=1S/C13H10BF3O3/c1-20-8-4-2-7(3-5-8)9-6-10(15)11(14(18)19)13(17)12(9)16/h2-6,18-19H,1H3. The summed E-state index contributed by atoms with van der Waals surface area (Å²) in [6.45, 7) is 0. The minimum Gasteiger partial charge on any atom is -0.497 e. The number of benzene rings is 2. The van der Waals surface area contributed by atoms with Crippen molar-refractivity contribution in [3.63, 3.8) is 0 Å². The maximum Gasteiger partial charge on any atom is 0.494 e. The minimum atomic E-state index is -2.42. The zero-order chi connectivity index (χ0) is 14.9. The van der Waals surface area contributed by atoms with Gasteiger partial charge in [0.15, 0.2) is 11.6 Å². The van der Waals surface area contributed by atoms with Crippen LogP contribution in [-0.2, 0) is 0 Å². The summed E-state index contributed by atoms with van der Waals surface area (Å²) < 4.78 is 46.1. The first-order valence-electron chi connectivity index (χ1n) is 5.63. The van der Waals surface area contributed by atoms with E-state index in [0.717, 1.165) is 6.07 Å². The number of hydrogen-bond donors (Lipinski definition) is 2. The lowest BCUT2D eigenvalue weighted by Gasteiger charge is -2.10. The van der Waals surface area contributed by atoms with Crippen molar-refractivity contribution in [1.29, 1.82) is 0 Å². The molecule has 0 heterocycles. The summed E-state index contributed by atoms with van der Waals surface area (Å²) in [6.07, 6.45) is 0. The van der Waals surface area contributed by atoms with Crippen LogP contribution in [0, 0.1) is 17.5 Å². The molecule has 0 radical (unpaired) electrons. The van der Waals surface area contributed by atoms with Gasteiger partial charge in [0.2, 0.25) is 0 Å². The Morgan fingerprint density at radius 2 is 1.60 bits per heavy atom. The Morgan fingerprint density at radius 1 is 1.00 bits per heavy atom. The second kappa shape index (κ2) is 5.56. The fourth-order valence-electron chi connectivity index (χ4n) is 1.83. The molecule has 2 rings (SSSR count). The van der Waals surface area contributed by atoms with Gasteiger partial charge >= 0.3 is 7.12 Å². The predicted octanol–water partition coefficient (Wildman–Crippen LogP) is 1.46. The van der Waals surface area contributed by atoms with Gasteiger partial charge in [-0.15, -0.1) is 0 Å². The molecular weight excluding hydrogens is 272 g/mol. The first-order valence-corrected chi connectivity index (χ1v) is 5.63. The quantitative estimate of drug-likeness (QED) is 0.662. The molecule has 0 aliphatic rings. The molecule has 0 fully saturated rings. The highest BCUT2D eigenvalue weighted by atomic mass is 19.2. The van der Waals surface area contributed by atoms with Crippen LogP contribution >= 0.6 is 0 Å². The molecule has 0 bridgehead atoms. The molecule has 2 aromatic carbocycles. The zero-order valence-corrected chi connectivity index (χ0v) is 10.4. The maximum atomic E-state index is 13.9. The third kappa shape index (κ3) is 2.50. The molecule has 7 heteroatoms. The number of hydrogen-bond acceptors (Lipinski definition) is 3. The van der Waals surface area contributed by atoms with E-state index in [-0.39, 0.29) is 11.1 Å². The van der Waals surface area contributed by atoms with Crippen LogP contribution < -0.4 is 10.2 Å². The first kappa shape index (κ1) is 14.4. The summed E-state index contributed by atoms with van der Waals surface area (Å²) in [4.78, 5) is 0. The van der Waals surface area contributed by atoms with E-state index >= 15 is 0 Å². The van der Waals surface area contributed by atoms with E-state index in [0.29, 0.717) is 5.75 Å². The first-order chi connectivity index (χ1) is 9.45. The number of methoxy groups -OCH3 is 1. The molecule has 0 aliphatic carbocycles. The minimum absolute atomic E-state index is 0.236. The molecule has 0 saturated carbocycles. The monoisotopic (exact) mass is 282 g/mol. The highest BCUT2D eigenvalue weighted by molar-refractivity contribution is 6.58. The third-order valence-corrected chi connectivity index (χ3v) is 2.85. The lowest BCUT2D eigenvalue weighted by atomic mass is 9.78. The van der Waals surface area contributed by atoms with Crippen molar-refractivity contribution < 1.29 is 28.0 Å². The van der Waals surface area contributed by atoms with Gasteiger partial charge in [-0.2, -0.15) is 0 Å². The summed E-state index contributed by atoms with van der Waals surface area (Å²) in [7, 11) is -0.971. The molecular formula is C13H10BF3O3. The average Bonchev–Trinajstić information content (AvgIpc) is 2.43. The van der Waals surface area contributed by atoms with Crippen LogP contribution in [0.3, 0.4) is 0 Å². The van der Waals surface area contributed by atoms with E-state index in [9.17, 15) is 13.2 Å². The van der Waals surface area contributed by atoms with Gasteiger partial charge in [-0.25, -0.2) is 13.2 Å². The maximum absolute atomic E-state index is 13.9. The molecule has 104 valence electrons. The summed E-state index contributed by atoms with van der Waals surface area (Å²) in [5, 5.41) is 17.7. The van der Waals surface area contributed by atoms with E-state index in [1.807, 2.05) is 0 Å². The molecule has 0 saturated heterocycles. The van der Waals surface area contributed by atoms with Crippen LogP contribution in [-0.4, -0.2) is 24.3 Å². The largest absolute Gasteiger partial charge is 0.497 e. The molecule has 0 unspecified atom stereocenters. The number of rotatable bonds is 3. The molecule has 2 N–H and O–H groups in total.